The van der Waals surface area contributed by atoms with E-state index in [0.29, 0.717) is 10.9 Å². The molecule has 0 fully saturated rings. The number of aromatic nitrogens is 5. The van der Waals surface area contributed by atoms with Gasteiger partial charge in [-0.05, 0) is 12.1 Å². The maximum atomic E-state index is 11.2. The van der Waals surface area contributed by atoms with Crippen molar-refractivity contribution in [3.05, 3.63) is 36.3 Å². The molecule has 20 heavy (non-hydrogen) atoms. The molecule has 0 unspecified atom stereocenters. The van der Waals surface area contributed by atoms with Crippen molar-refractivity contribution in [1.29, 1.82) is 0 Å². The lowest BCUT2D eigenvalue weighted by atomic mass is 10.2. The van der Waals surface area contributed by atoms with Gasteiger partial charge >= 0.3 is 12.0 Å². The van der Waals surface area contributed by atoms with Crippen molar-refractivity contribution in [2.75, 3.05) is 0 Å². The summed E-state index contributed by atoms with van der Waals surface area (Å²) in [6.45, 7) is 0. The van der Waals surface area contributed by atoms with Crippen LogP contribution in [-0.2, 0) is 7.05 Å². The Kier molecular flexibility index (Phi) is 2.75. The zero-order chi connectivity index (χ0) is 14.1. The number of benzene rings is 1. The smallest absolute Gasteiger partial charge is 0.360 e. The summed E-state index contributed by atoms with van der Waals surface area (Å²) in [5.41, 5.74) is 0.250. The van der Waals surface area contributed by atoms with E-state index in [1.165, 1.54) is 11.0 Å². The summed E-state index contributed by atoms with van der Waals surface area (Å²) >= 11 is 0. The second-order valence-electron chi connectivity index (χ2n) is 4.00. The normalized spacial score (nSPS) is 10.7. The highest BCUT2D eigenvalue weighted by molar-refractivity contribution is 5.96. The number of carboxylic acid groups (broad SMARTS) is 1. The number of carboxylic acids is 1. The molecule has 0 aliphatic rings. The van der Waals surface area contributed by atoms with E-state index in [2.05, 4.69) is 20.3 Å². The molecule has 0 saturated heterocycles. The van der Waals surface area contributed by atoms with E-state index >= 15 is 0 Å². The first-order valence-corrected chi connectivity index (χ1v) is 5.67. The monoisotopic (exact) mass is 271 g/mol. The number of aromatic carboxylic acids is 1. The van der Waals surface area contributed by atoms with Gasteiger partial charge in [-0.25, -0.2) is 4.79 Å². The first-order valence-electron chi connectivity index (χ1n) is 5.67. The Morgan fingerprint density at radius 2 is 2.10 bits per heavy atom. The third-order valence-electron chi connectivity index (χ3n) is 2.60. The van der Waals surface area contributed by atoms with Crippen LogP contribution in [0.2, 0.25) is 0 Å². The molecule has 2 aromatic heterocycles. The predicted molar refractivity (Wildman–Crippen MR) is 67.6 cm³/mol. The molecule has 0 aliphatic carbocycles. The third kappa shape index (κ3) is 2.03. The molecule has 0 radical (unpaired) electrons. The van der Waals surface area contributed by atoms with Gasteiger partial charge in [-0.2, -0.15) is 4.98 Å². The standard InChI is InChI=1S/C12H9N5O3/c1-17-6-13-12(16-17)20-10-7-4-2-3-5-8(7)14-15-9(10)11(18)19/h2-6H,1H3,(H,18,19). The molecule has 3 rings (SSSR count). The van der Waals surface area contributed by atoms with Crippen LogP contribution >= 0.6 is 0 Å². The minimum Gasteiger partial charge on any atom is -0.476 e. The van der Waals surface area contributed by atoms with Gasteiger partial charge in [-0.3, -0.25) is 4.68 Å². The fourth-order valence-electron chi connectivity index (χ4n) is 1.73. The van der Waals surface area contributed by atoms with E-state index in [-0.39, 0.29) is 17.5 Å². The molecular formula is C12H9N5O3. The Morgan fingerprint density at radius 3 is 2.80 bits per heavy atom. The molecule has 0 atom stereocenters. The van der Waals surface area contributed by atoms with Crippen LogP contribution in [0.3, 0.4) is 0 Å². The van der Waals surface area contributed by atoms with E-state index in [9.17, 15) is 9.90 Å². The number of hydrogen-bond donors (Lipinski definition) is 1. The number of rotatable bonds is 3. The summed E-state index contributed by atoms with van der Waals surface area (Å²) in [6.07, 6.45) is 1.45. The number of fused-ring (bicyclic) bond motifs is 1. The number of aryl methyl sites for hydroxylation is 1. The highest BCUT2D eigenvalue weighted by atomic mass is 16.5. The van der Waals surface area contributed by atoms with Gasteiger partial charge in [0.15, 0.2) is 5.75 Å². The van der Waals surface area contributed by atoms with Crippen molar-refractivity contribution < 1.29 is 14.6 Å². The summed E-state index contributed by atoms with van der Waals surface area (Å²) < 4.78 is 6.93. The molecule has 0 saturated carbocycles. The minimum atomic E-state index is -1.23. The molecule has 2 heterocycles. The van der Waals surface area contributed by atoms with E-state index in [0.717, 1.165) is 0 Å². The van der Waals surface area contributed by atoms with Crippen molar-refractivity contribution in [1.82, 2.24) is 25.0 Å². The summed E-state index contributed by atoms with van der Waals surface area (Å²) in [5, 5.41) is 21.2. The Hall–Kier alpha value is -3.03. The third-order valence-corrected chi connectivity index (χ3v) is 2.60. The minimum absolute atomic E-state index is 0.0492. The molecule has 100 valence electrons. The number of hydrogen-bond acceptors (Lipinski definition) is 6. The quantitative estimate of drug-likeness (QED) is 0.764. The Balaban J connectivity index is 2.19. The van der Waals surface area contributed by atoms with Crippen LogP contribution in [0.5, 0.6) is 11.8 Å². The number of ether oxygens (including phenoxy) is 1. The largest absolute Gasteiger partial charge is 0.476 e. The molecule has 3 aromatic rings. The number of nitrogens with zero attached hydrogens (tertiary/aromatic N) is 5. The van der Waals surface area contributed by atoms with Gasteiger partial charge in [-0.15, -0.1) is 15.3 Å². The van der Waals surface area contributed by atoms with E-state index in [1.54, 1.807) is 31.3 Å². The van der Waals surface area contributed by atoms with Gasteiger partial charge in [0.1, 0.15) is 6.33 Å². The van der Waals surface area contributed by atoms with Crippen LogP contribution in [0.25, 0.3) is 10.9 Å². The van der Waals surface area contributed by atoms with Crippen LogP contribution in [0.4, 0.5) is 0 Å². The molecule has 0 amide bonds. The molecule has 0 aliphatic heterocycles. The first kappa shape index (κ1) is 12.0. The molecule has 1 aromatic carbocycles. The second-order valence-corrected chi connectivity index (χ2v) is 4.00. The van der Waals surface area contributed by atoms with E-state index in [4.69, 9.17) is 4.74 Å². The van der Waals surface area contributed by atoms with Gasteiger partial charge in [-0.1, -0.05) is 12.1 Å². The van der Waals surface area contributed by atoms with Crippen molar-refractivity contribution in [3.8, 4) is 11.8 Å². The maximum absolute atomic E-state index is 11.2. The molecule has 0 bridgehead atoms. The summed E-state index contributed by atoms with van der Waals surface area (Å²) in [4.78, 5) is 15.1. The molecule has 8 nitrogen and oxygen atoms in total. The summed E-state index contributed by atoms with van der Waals surface area (Å²) in [7, 11) is 1.68. The molecule has 0 spiro atoms. The lowest BCUT2D eigenvalue weighted by Crippen LogP contribution is -2.06. The van der Waals surface area contributed by atoms with Crippen LogP contribution in [0.1, 0.15) is 10.5 Å². The second kappa shape index (κ2) is 4.57. The highest BCUT2D eigenvalue weighted by Gasteiger charge is 2.19. The number of carbonyl (C=O) groups is 1. The van der Waals surface area contributed by atoms with Crippen LogP contribution in [-0.4, -0.2) is 36.0 Å². The van der Waals surface area contributed by atoms with Gasteiger partial charge in [0.05, 0.1) is 5.52 Å². The maximum Gasteiger partial charge on any atom is 0.360 e. The lowest BCUT2D eigenvalue weighted by Gasteiger charge is -2.07. The summed E-state index contributed by atoms with van der Waals surface area (Å²) in [5.74, 6) is -1.15. The van der Waals surface area contributed by atoms with Crippen LogP contribution in [0, 0.1) is 0 Å². The average Bonchev–Trinajstić information content (AvgIpc) is 2.84. The lowest BCUT2D eigenvalue weighted by molar-refractivity contribution is 0.0686. The Morgan fingerprint density at radius 1 is 1.30 bits per heavy atom. The van der Waals surface area contributed by atoms with Crippen molar-refractivity contribution in [3.63, 3.8) is 0 Å². The van der Waals surface area contributed by atoms with E-state index in [1.807, 2.05) is 0 Å². The molecule has 1 N–H and O–H groups in total. The Bertz CT molecular complexity index is 799. The fourth-order valence-corrected chi connectivity index (χ4v) is 1.73. The van der Waals surface area contributed by atoms with Crippen molar-refractivity contribution in [2.24, 2.45) is 7.05 Å². The topological polar surface area (TPSA) is 103 Å². The molecule has 8 heteroatoms. The van der Waals surface area contributed by atoms with Gasteiger partial charge in [0.2, 0.25) is 5.69 Å². The van der Waals surface area contributed by atoms with Crippen LogP contribution < -0.4 is 4.74 Å². The SMILES string of the molecule is Cn1cnc(Oc2c(C(=O)O)nnc3ccccc23)n1. The average molecular weight is 271 g/mol. The van der Waals surface area contributed by atoms with E-state index < -0.39 is 5.97 Å². The predicted octanol–water partition coefficient (Wildman–Crippen LogP) is 1.25. The fraction of sp³-hybridized carbons (Fsp3) is 0.0833. The molecular weight excluding hydrogens is 262 g/mol. The Labute approximate surface area is 112 Å². The van der Waals surface area contributed by atoms with Gasteiger partial charge in [0, 0.05) is 12.4 Å². The van der Waals surface area contributed by atoms with Gasteiger partial charge in [0.25, 0.3) is 0 Å². The van der Waals surface area contributed by atoms with Crippen molar-refractivity contribution in [2.45, 2.75) is 0 Å². The van der Waals surface area contributed by atoms with Gasteiger partial charge < -0.3 is 9.84 Å². The van der Waals surface area contributed by atoms with Crippen molar-refractivity contribution >= 4 is 16.9 Å². The summed E-state index contributed by atoms with van der Waals surface area (Å²) in [6, 6.07) is 7.00. The highest BCUT2D eigenvalue weighted by Crippen LogP contribution is 2.29. The zero-order valence-corrected chi connectivity index (χ0v) is 10.4. The first-order chi connectivity index (χ1) is 9.65. The van der Waals surface area contributed by atoms with Crippen LogP contribution in [0.15, 0.2) is 30.6 Å². The zero-order valence-electron chi connectivity index (χ0n) is 10.4.